The molecule has 3 heterocycles. The lowest BCUT2D eigenvalue weighted by atomic mass is 9.90. The van der Waals surface area contributed by atoms with E-state index in [1.54, 1.807) is 0 Å². The number of carbonyl (C=O) groups is 2. The zero-order valence-electron chi connectivity index (χ0n) is 18.6. The number of hydrogen-bond donors (Lipinski definition) is 0. The highest BCUT2D eigenvalue weighted by Gasteiger charge is 2.43. The molecule has 0 N–H and O–H groups in total. The van der Waals surface area contributed by atoms with E-state index in [0.717, 1.165) is 42.5 Å². The van der Waals surface area contributed by atoms with Crippen molar-refractivity contribution in [3.05, 3.63) is 66.5 Å². The molecule has 0 unspecified atom stereocenters. The van der Waals surface area contributed by atoms with Gasteiger partial charge in [-0.2, -0.15) is 0 Å². The van der Waals surface area contributed by atoms with E-state index in [4.69, 9.17) is 0 Å². The second-order valence-electron chi connectivity index (χ2n) is 9.11. The van der Waals surface area contributed by atoms with Crippen molar-refractivity contribution in [1.29, 1.82) is 0 Å². The number of nitrogens with zero attached hydrogens (tertiary/aromatic N) is 4. The third-order valence-corrected chi connectivity index (χ3v) is 7.18. The van der Waals surface area contributed by atoms with E-state index in [2.05, 4.69) is 9.88 Å². The van der Waals surface area contributed by atoms with Crippen LogP contribution < -0.4 is 0 Å². The first kappa shape index (κ1) is 20.7. The number of amides is 2. The Morgan fingerprint density at radius 3 is 2.69 bits per heavy atom. The zero-order chi connectivity index (χ0) is 22.1. The monoisotopic (exact) mass is 430 g/mol. The van der Waals surface area contributed by atoms with Crippen molar-refractivity contribution in [2.45, 2.75) is 44.7 Å². The average molecular weight is 431 g/mol. The molecule has 0 spiro atoms. The molecule has 2 amide bonds. The van der Waals surface area contributed by atoms with Crippen molar-refractivity contribution < 1.29 is 9.59 Å². The maximum absolute atomic E-state index is 13.3. The number of imidazole rings is 1. The lowest BCUT2D eigenvalue weighted by Gasteiger charge is -2.38. The smallest absolute Gasteiger partial charge is 0.230 e. The molecule has 32 heavy (non-hydrogen) atoms. The van der Waals surface area contributed by atoms with Crippen LogP contribution in [0.5, 0.6) is 0 Å². The summed E-state index contributed by atoms with van der Waals surface area (Å²) in [5.74, 6) is 0.577. The summed E-state index contributed by atoms with van der Waals surface area (Å²) in [4.78, 5) is 34.8. The number of rotatable bonds is 5. The molecule has 2 aromatic carbocycles. The molecule has 166 valence electrons. The lowest BCUT2D eigenvalue weighted by molar-refractivity contribution is -0.137. The van der Waals surface area contributed by atoms with Gasteiger partial charge in [-0.15, -0.1) is 0 Å². The van der Waals surface area contributed by atoms with Gasteiger partial charge < -0.3 is 14.4 Å². The van der Waals surface area contributed by atoms with Gasteiger partial charge in [0.15, 0.2) is 0 Å². The van der Waals surface area contributed by atoms with Crippen molar-refractivity contribution >= 4 is 22.8 Å². The molecular formula is C26H30N4O2. The fourth-order valence-electron chi connectivity index (χ4n) is 5.35. The Bertz CT molecular complexity index is 1110. The summed E-state index contributed by atoms with van der Waals surface area (Å²) in [6.45, 7) is 4.83. The second-order valence-corrected chi connectivity index (χ2v) is 9.11. The minimum Gasteiger partial charge on any atom is -0.340 e. The van der Waals surface area contributed by atoms with Crippen molar-refractivity contribution in [1.82, 2.24) is 19.4 Å². The van der Waals surface area contributed by atoms with Crippen molar-refractivity contribution in [2.75, 3.05) is 19.6 Å². The fraction of sp³-hybridized carbons (Fsp3) is 0.423. The molecule has 0 aliphatic carbocycles. The van der Waals surface area contributed by atoms with E-state index in [0.29, 0.717) is 25.4 Å². The number of hydrogen-bond acceptors (Lipinski definition) is 3. The SMILES string of the molecule is C[C@H](C(=O)N1CCC[C@H]2CN(C(=O)CCn3cnc4ccccc43)C[C@H]21)c1ccccc1. The Kier molecular flexibility index (Phi) is 5.68. The zero-order valence-corrected chi connectivity index (χ0v) is 18.6. The summed E-state index contributed by atoms with van der Waals surface area (Å²) < 4.78 is 2.05. The van der Waals surface area contributed by atoms with Gasteiger partial charge in [0, 0.05) is 32.6 Å². The highest BCUT2D eigenvalue weighted by atomic mass is 16.2. The first-order chi connectivity index (χ1) is 15.6. The van der Waals surface area contributed by atoms with Crippen LogP contribution >= 0.6 is 0 Å². The van der Waals surface area contributed by atoms with Gasteiger partial charge in [-0.1, -0.05) is 42.5 Å². The quantitative estimate of drug-likeness (QED) is 0.620. The van der Waals surface area contributed by atoms with E-state index in [1.807, 2.05) is 77.3 Å². The number of aryl methyl sites for hydroxylation is 1. The molecule has 3 aromatic rings. The Morgan fingerprint density at radius 2 is 1.84 bits per heavy atom. The maximum atomic E-state index is 13.3. The fourth-order valence-corrected chi connectivity index (χ4v) is 5.35. The van der Waals surface area contributed by atoms with Crippen LogP contribution in [0, 0.1) is 5.92 Å². The number of fused-ring (bicyclic) bond motifs is 2. The van der Waals surface area contributed by atoms with Crippen LogP contribution in [-0.4, -0.2) is 56.8 Å². The van der Waals surface area contributed by atoms with E-state index in [9.17, 15) is 9.59 Å². The van der Waals surface area contributed by atoms with Gasteiger partial charge in [-0.25, -0.2) is 4.98 Å². The van der Waals surface area contributed by atoms with Crippen molar-refractivity contribution in [3.63, 3.8) is 0 Å². The molecule has 6 nitrogen and oxygen atoms in total. The summed E-state index contributed by atoms with van der Waals surface area (Å²) in [5.41, 5.74) is 3.06. The van der Waals surface area contributed by atoms with Crippen LogP contribution in [0.4, 0.5) is 0 Å². The Hall–Kier alpha value is -3.15. The molecule has 2 fully saturated rings. The maximum Gasteiger partial charge on any atom is 0.230 e. The van der Waals surface area contributed by atoms with Crippen LogP contribution in [-0.2, 0) is 16.1 Å². The van der Waals surface area contributed by atoms with Crippen LogP contribution in [0.2, 0.25) is 0 Å². The first-order valence-electron chi connectivity index (χ1n) is 11.6. The van der Waals surface area contributed by atoms with Crippen molar-refractivity contribution in [3.8, 4) is 0 Å². The van der Waals surface area contributed by atoms with Gasteiger partial charge in [-0.05, 0) is 43.4 Å². The highest BCUT2D eigenvalue weighted by molar-refractivity contribution is 5.84. The number of aromatic nitrogens is 2. The summed E-state index contributed by atoms with van der Waals surface area (Å²) in [6, 6.07) is 18.1. The van der Waals surface area contributed by atoms with Gasteiger partial charge in [0.2, 0.25) is 11.8 Å². The Labute approximate surface area is 188 Å². The minimum atomic E-state index is -0.158. The standard InChI is InChI=1S/C26H30N4O2/c1-19(20-8-3-2-4-9-20)26(32)30-14-7-10-21-16-29(17-24(21)30)25(31)13-15-28-18-27-22-11-5-6-12-23(22)28/h2-6,8-9,11-12,18-19,21,24H,7,10,13-17H2,1H3/t19-,21-,24+/m0/s1. The third-order valence-electron chi connectivity index (χ3n) is 7.18. The van der Waals surface area contributed by atoms with E-state index >= 15 is 0 Å². The van der Waals surface area contributed by atoms with Crippen LogP contribution in [0.3, 0.4) is 0 Å². The second kappa shape index (κ2) is 8.77. The minimum absolute atomic E-state index is 0.139. The highest BCUT2D eigenvalue weighted by Crippen LogP contribution is 2.33. The molecule has 2 aliphatic rings. The molecule has 3 atom stereocenters. The van der Waals surface area contributed by atoms with E-state index < -0.39 is 0 Å². The predicted octanol–water partition coefficient (Wildman–Crippen LogP) is 3.68. The van der Waals surface area contributed by atoms with Gasteiger partial charge in [-0.3, -0.25) is 9.59 Å². The van der Waals surface area contributed by atoms with Crippen LogP contribution in [0.15, 0.2) is 60.9 Å². The van der Waals surface area contributed by atoms with Gasteiger partial charge >= 0.3 is 0 Å². The normalized spacial score (nSPS) is 21.5. The molecule has 6 heteroatoms. The van der Waals surface area contributed by atoms with Gasteiger partial charge in [0.1, 0.15) is 0 Å². The van der Waals surface area contributed by atoms with Crippen molar-refractivity contribution in [2.24, 2.45) is 5.92 Å². The summed E-state index contributed by atoms with van der Waals surface area (Å²) in [5, 5.41) is 0. The van der Waals surface area contributed by atoms with E-state index in [-0.39, 0.29) is 23.8 Å². The molecule has 0 radical (unpaired) electrons. The number of likely N-dealkylation sites (tertiary alicyclic amines) is 2. The predicted molar refractivity (Wildman–Crippen MR) is 124 cm³/mol. The molecular weight excluding hydrogens is 400 g/mol. The summed E-state index contributed by atoms with van der Waals surface area (Å²) in [7, 11) is 0. The van der Waals surface area contributed by atoms with Crippen LogP contribution in [0.25, 0.3) is 11.0 Å². The summed E-state index contributed by atoms with van der Waals surface area (Å²) >= 11 is 0. The third kappa shape index (κ3) is 3.90. The average Bonchev–Trinajstić information content (AvgIpc) is 3.46. The number of benzene rings is 2. The molecule has 5 rings (SSSR count). The number of piperidine rings is 1. The van der Waals surface area contributed by atoms with Gasteiger partial charge in [0.05, 0.1) is 29.3 Å². The molecule has 0 bridgehead atoms. The number of para-hydroxylation sites is 2. The Morgan fingerprint density at radius 1 is 1.06 bits per heavy atom. The van der Waals surface area contributed by atoms with Crippen LogP contribution in [0.1, 0.15) is 37.7 Å². The number of carbonyl (C=O) groups excluding carboxylic acids is 2. The lowest BCUT2D eigenvalue weighted by Crippen LogP contribution is -2.49. The van der Waals surface area contributed by atoms with E-state index in [1.165, 1.54) is 0 Å². The van der Waals surface area contributed by atoms with Gasteiger partial charge in [0.25, 0.3) is 0 Å². The Balaban J connectivity index is 1.23. The molecule has 1 aromatic heterocycles. The first-order valence-corrected chi connectivity index (χ1v) is 11.6. The largest absolute Gasteiger partial charge is 0.340 e. The molecule has 2 aliphatic heterocycles. The topological polar surface area (TPSA) is 58.4 Å². The molecule has 2 saturated heterocycles. The molecule has 0 saturated carbocycles. The summed E-state index contributed by atoms with van der Waals surface area (Å²) in [6.07, 6.45) is 4.36.